The van der Waals surface area contributed by atoms with Gasteiger partial charge in [-0.25, -0.2) is 0 Å². The van der Waals surface area contributed by atoms with Crippen molar-refractivity contribution in [1.82, 2.24) is 4.90 Å². The first-order valence-electron chi connectivity index (χ1n) is 7.90. The van der Waals surface area contributed by atoms with Crippen LogP contribution in [-0.4, -0.2) is 37.1 Å². The molecule has 0 aromatic heterocycles. The predicted molar refractivity (Wildman–Crippen MR) is 88.2 cm³/mol. The van der Waals surface area contributed by atoms with Gasteiger partial charge in [-0.3, -0.25) is 4.79 Å². The average molecular weight is 326 g/mol. The Morgan fingerprint density at radius 3 is 2.55 bits per heavy atom. The molecule has 0 bridgehead atoms. The molecule has 1 unspecified atom stereocenters. The van der Waals surface area contributed by atoms with Gasteiger partial charge in [0.1, 0.15) is 0 Å². The summed E-state index contributed by atoms with van der Waals surface area (Å²) in [6.07, 6.45) is 5.15. The number of carbonyl (C=O) groups is 1. The van der Waals surface area contributed by atoms with Crippen LogP contribution in [0.25, 0.3) is 0 Å². The number of hydrogen-bond acceptors (Lipinski definition) is 4. The quantitative estimate of drug-likeness (QED) is 0.794. The van der Waals surface area contributed by atoms with Gasteiger partial charge in [-0.05, 0) is 44.1 Å². The van der Waals surface area contributed by atoms with Crippen molar-refractivity contribution in [3.63, 3.8) is 0 Å². The maximum Gasteiger partial charge on any atom is 0.231 e. The van der Waals surface area contributed by atoms with Crippen LogP contribution in [0, 0.1) is 5.92 Å². The Labute approximate surface area is 138 Å². The zero-order valence-electron chi connectivity index (χ0n) is 13.0. The largest absolute Gasteiger partial charge is 0.454 e. The topological polar surface area (TPSA) is 38.8 Å². The lowest BCUT2D eigenvalue weighted by atomic mass is 9.98. The molecule has 5 heteroatoms. The van der Waals surface area contributed by atoms with Gasteiger partial charge in [-0.15, -0.1) is 12.4 Å². The Bertz CT molecular complexity index is 513. The molecule has 22 heavy (non-hydrogen) atoms. The molecule has 0 aliphatic carbocycles. The van der Waals surface area contributed by atoms with Crippen molar-refractivity contribution in [2.24, 2.45) is 5.92 Å². The van der Waals surface area contributed by atoms with Gasteiger partial charge in [-0.1, -0.05) is 19.8 Å². The number of fused-ring (bicyclic) bond motifs is 1. The number of nitrogens with zero attached hydrogens (tertiary/aromatic N) is 1. The maximum atomic E-state index is 12.6. The fourth-order valence-electron chi connectivity index (χ4n) is 3.12. The summed E-state index contributed by atoms with van der Waals surface area (Å²) in [5.41, 5.74) is 0.724. The summed E-state index contributed by atoms with van der Waals surface area (Å²) in [5, 5.41) is 0. The van der Waals surface area contributed by atoms with E-state index in [2.05, 4.69) is 4.90 Å². The van der Waals surface area contributed by atoms with Crippen molar-refractivity contribution in [2.45, 2.75) is 32.6 Å². The molecular formula is C17H24ClNO3. The molecule has 1 aromatic carbocycles. The van der Waals surface area contributed by atoms with E-state index in [0.717, 1.165) is 30.9 Å². The highest BCUT2D eigenvalue weighted by atomic mass is 35.5. The maximum absolute atomic E-state index is 12.6. The van der Waals surface area contributed by atoms with E-state index < -0.39 is 0 Å². The Hall–Kier alpha value is -1.26. The summed E-state index contributed by atoms with van der Waals surface area (Å²) in [6, 6.07) is 5.48. The van der Waals surface area contributed by atoms with Crippen LogP contribution in [0.15, 0.2) is 18.2 Å². The molecule has 0 spiro atoms. The molecule has 0 N–H and O–H groups in total. The van der Waals surface area contributed by atoms with Crippen molar-refractivity contribution in [1.29, 1.82) is 0 Å². The zero-order chi connectivity index (χ0) is 14.7. The summed E-state index contributed by atoms with van der Waals surface area (Å²) in [4.78, 5) is 15.0. The minimum atomic E-state index is 0. The molecule has 3 rings (SSSR count). The van der Waals surface area contributed by atoms with Gasteiger partial charge >= 0.3 is 0 Å². The molecule has 0 saturated carbocycles. The highest BCUT2D eigenvalue weighted by molar-refractivity contribution is 5.98. The molecule has 1 aromatic rings. The Morgan fingerprint density at radius 1 is 1.14 bits per heavy atom. The number of carbonyl (C=O) groups excluding carboxylic acids is 1. The molecule has 2 aliphatic heterocycles. The second-order valence-corrected chi connectivity index (χ2v) is 6.05. The molecule has 122 valence electrons. The monoisotopic (exact) mass is 325 g/mol. The van der Waals surface area contributed by atoms with E-state index in [1.54, 1.807) is 0 Å². The summed E-state index contributed by atoms with van der Waals surface area (Å²) in [6.45, 7) is 5.37. The van der Waals surface area contributed by atoms with E-state index >= 15 is 0 Å². The van der Waals surface area contributed by atoms with Crippen LogP contribution in [-0.2, 0) is 0 Å². The van der Waals surface area contributed by atoms with Crippen LogP contribution >= 0.6 is 12.4 Å². The number of ketones is 1. The number of likely N-dealkylation sites (tertiary alicyclic amines) is 1. The Balaban J connectivity index is 0.00000176. The molecule has 1 saturated heterocycles. The van der Waals surface area contributed by atoms with Crippen molar-refractivity contribution in [2.75, 3.05) is 26.4 Å². The van der Waals surface area contributed by atoms with Crippen LogP contribution in [0.1, 0.15) is 43.0 Å². The van der Waals surface area contributed by atoms with Crippen LogP contribution < -0.4 is 9.47 Å². The number of Topliss-reactive ketones (excluding diaryl/α,β-unsaturated/α-hetero) is 1. The average Bonchev–Trinajstić information content (AvgIpc) is 2.82. The predicted octanol–water partition coefficient (Wildman–Crippen LogP) is 3.53. The number of halogens is 1. The summed E-state index contributed by atoms with van der Waals surface area (Å²) < 4.78 is 10.6. The molecule has 2 heterocycles. The third-order valence-electron chi connectivity index (χ3n) is 4.34. The third-order valence-corrected chi connectivity index (χ3v) is 4.34. The van der Waals surface area contributed by atoms with E-state index in [0.29, 0.717) is 5.75 Å². The van der Waals surface area contributed by atoms with Crippen molar-refractivity contribution < 1.29 is 14.3 Å². The molecular weight excluding hydrogens is 302 g/mol. The fourth-order valence-corrected chi connectivity index (χ4v) is 3.12. The van der Waals surface area contributed by atoms with Gasteiger partial charge in [0, 0.05) is 18.0 Å². The SMILES string of the molecule is CC(CN1CCCCCC1)C(=O)c1ccc2c(c1)OCO2.Cl. The number of ether oxygens (including phenoxy) is 2. The lowest BCUT2D eigenvalue weighted by Gasteiger charge is -2.23. The third kappa shape index (κ3) is 3.93. The lowest BCUT2D eigenvalue weighted by molar-refractivity contribution is 0.0894. The fraction of sp³-hybridized carbons (Fsp3) is 0.588. The van der Waals surface area contributed by atoms with Crippen LogP contribution in [0.3, 0.4) is 0 Å². The Kier molecular flexibility index (Phi) is 6.09. The molecule has 4 nitrogen and oxygen atoms in total. The highest BCUT2D eigenvalue weighted by Crippen LogP contribution is 2.33. The smallest absolute Gasteiger partial charge is 0.231 e. The summed E-state index contributed by atoms with van der Waals surface area (Å²) >= 11 is 0. The minimum Gasteiger partial charge on any atom is -0.454 e. The molecule has 2 aliphatic rings. The van der Waals surface area contributed by atoms with Gasteiger partial charge in [0.15, 0.2) is 17.3 Å². The summed E-state index contributed by atoms with van der Waals surface area (Å²) in [5.74, 6) is 1.62. The van der Waals surface area contributed by atoms with Crippen LogP contribution in [0.2, 0.25) is 0 Å². The van der Waals surface area contributed by atoms with Gasteiger partial charge in [0.25, 0.3) is 0 Å². The van der Waals surface area contributed by atoms with E-state index in [9.17, 15) is 4.79 Å². The van der Waals surface area contributed by atoms with E-state index in [-0.39, 0.29) is 30.9 Å². The van der Waals surface area contributed by atoms with Crippen molar-refractivity contribution >= 4 is 18.2 Å². The number of rotatable bonds is 4. The van der Waals surface area contributed by atoms with Gasteiger partial charge < -0.3 is 14.4 Å². The van der Waals surface area contributed by atoms with Crippen molar-refractivity contribution in [3.8, 4) is 11.5 Å². The molecule has 0 radical (unpaired) electrons. The van der Waals surface area contributed by atoms with E-state index in [4.69, 9.17) is 9.47 Å². The minimum absolute atomic E-state index is 0. The van der Waals surface area contributed by atoms with Crippen LogP contribution in [0.4, 0.5) is 0 Å². The second-order valence-electron chi connectivity index (χ2n) is 6.05. The lowest BCUT2D eigenvalue weighted by Crippen LogP contribution is -2.32. The van der Waals surface area contributed by atoms with Gasteiger partial charge in [-0.2, -0.15) is 0 Å². The molecule has 1 fully saturated rings. The zero-order valence-corrected chi connectivity index (χ0v) is 13.9. The first kappa shape index (κ1) is 17.1. The first-order chi connectivity index (χ1) is 10.2. The van der Waals surface area contributed by atoms with Gasteiger partial charge in [0.05, 0.1) is 0 Å². The normalized spacial score (nSPS) is 19.1. The van der Waals surface area contributed by atoms with E-state index in [1.807, 2.05) is 25.1 Å². The first-order valence-corrected chi connectivity index (χ1v) is 7.90. The Morgan fingerprint density at radius 2 is 1.82 bits per heavy atom. The number of hydrogen-bond donors (Lipinski definition) is 0. The van der Waals surface area contributed by atoms with Crippen LogP contribution in [0.5, 0.6) is 11.5 Å². The van der Waals surface area contributed by atoms with Crippen molar-refractivity contribution in [3.05, 3.63) is 23.8 Å². The number of benzene rings is 1. The standard InChI is InChI=1S/C17H23NO3.ClH/c1-13(11-18-8-4-2-3-5-9-18)17(19)14-6-7-15-16(10-14)21-12-20-15;/h6-7,10,13H,2-5,8-9,11-12H2,1H3;1H. The van der Waals surface area contributed by atoms with Gasteiger partial charge in [0.2, 0.25) is 6.79 Å². The second kappa shape index (κ2) is 7.84. The molecule has 1 atom stereocenters. The molecule has 0 amide bonds. The highest BCUT2D eigenvalue weighted by Gasteiger charge is 2.22. The summed E-state index contributed by atoms with van der Waals surface area (Å²) in [7, 11) is 0. The van der Waals surface area contributed by atoms with E-state index in [1.165, 1.54) is 25.7 Å².